The van der Waals surface area contributed by atoms with Gasteiger partial charge >= 0.3 is 0 Å². The second-order valence-corrected chi connectivity index (χ2v) is 8.75. The van der Waals surface area contributed by atoms with Gasteiger partial charge in [-0.2, -0.15) is 0 Å². The zero-order chi connectivity index (χ0) is 19.5. The summed E-state index contributed by atoms with van der Waals surface area (Å²) in [6.07, 6.45) is 0.647. The Morgan fingerprint density at radius 2 is 1.92 bits per heavy atom. The number of hydrogen-bond acceptors (Lipinski definition) is 6. The first kappa shape index (κ1) is 23.1. The Balaban J connectivity index is 2.38. The van der Waals surface area contributed by atoms with E-state index in [0.29, 0.717) is 51.8 Å². The molecule has 0 bridgehead atoms. The smallest absolute Gasteiger partial charge is 0.211 e. The molecular weight excluding hydrogens is 358 g/mol. The predicted molar refractivity (Wildman–Crippen MR) is 104 cm³/mol. The van der Waals surface area contributed by atoms with E-state index >= 15 is 0 Å². The van der Waals surface area contributed by atoms with Crippen LogP contribution in [0.5, 0.6) is 0 Å². The fourth-order valence-electron chi connectivity index (χ4n) is 2.51. The highest BCUT2D eigenvalue weighted by Gasteiger charge is 2.25. The summed E-state index contributed by atoms with van der Waals surface area (Å²) in [4.78, 5) is 6.64. The number of aliphatic hydroxyl groups is 1. The second kappa shape index (κ2) is 11.7. The van der Waals surface area contributed by atoms with Crippen LogP contribution in [0.25, 0.3) is 0 Å². The minimum Gasteiger partial charge on any atom is -0.387 e. The molecule has 0 aromatic carbocycles. The lowest BCUT2D eigenvalue weighted by atomic mass is 10.1. The van der Waals surface area contributed by atoms with E-state index < -0.39 is 15.6 Å². The lowest BCUT2D eigenvalue weighted by Crippen LogP contribution is -2.48. The third-order valence-corrected chi connectivity index (χ3v) is 5.34. The van der Waals surface area contributed by atoms with E-state index in [1.165, 1.54) is 0 Å². The van der Waals surface area contributed by atoms with E-state index in [4.69, 9.17) is 4.74 Å². The zero-order valence-electron chi connectivity index (χ0n) is 16.3. The van der Waals surface area contributed by atoms with Crippen LogP contribution in [0.1, 0.15) is 27.2 Å². The van der Waals surface area contributed by atoms with Crippen LogP contribution in [0.4, 0.5) is 0 Å². The standard InChI is InChI=1S/C16H35N5O4S/c1-4-17-15(18-7-6-8-20-26(23,24)5-2)19-13-16(3,22)14-21-9-11-25-12-10-21/h20,22H,4-14H2,1-3H3,(H2,17,18,19). The average molecular weight is 394 g/mol. The molecule has 1 aliphatic rings. The van der Waals surface area contributed by atoms with Gasteiger partial charge in [0.25, 0.3) is 0 Å². The van der Waals surface area contributed by atoms with E-state index in [0.717, 1.165) is 13.1 Å². The van der Waals surface area contributed by atoms with Crippen molar-refractivity contribution in [3.05, 3.63) is 0 Å². The van der Waals surface area contributed by atoms with Crippen molar-refractivity contribution in [2.24, 2.45) is 4.99 Å². The molecule has 0 spiro atoms. The lowest BCUT2D eigenvalue weighted by molar-refractivity contribution is -0.0180. The van der Waals surface area contributed by atoms with Gasteiger partial charge in [-0.05, 0) is 27.2 Å². The number of guanidine groups is 1. The summed E-state index contributed by atoms with van der Waals surface area (Å²) in [5, 5.41) is 16.9. The largest absolute Gasteiger partial charge is 0.387 e. The molecule has 1 fully saturated rings. The van der Waals surface area contributed by atoms with Gasteiger partial charge in [0, 0.05) is 39.3 Å². The first-order chi connectivity index (χ1) is 12.3. The van der Waals surface area contributed by atoms with Gasteiger partial charge in [-0.15, -0.1) is 0 Å². The third-order valence-electron chi connectivity index (χ3n) is 3.94. The van der Waals surface area contributed by atoms with Crippen LogP contribution in [0.15, 0.2) is 4.99 Å². The highest BCUT2D eigenvalue weighted by atomic mass is 32.2. The Kier molecular flexibility index (Phi) is 10.4. The van der Waals surface area contributed by atoms with E-state index in [2.05, 4.69) is 25.2 Å². The topological polar surface area (TPSA) is 115 Å². The molecule has 1 saturated heterocycles. The van der Waals surface area contributed by atoms with Crippen LogP contribution >= 0.6 is 0 Å². The van der Waals surface area contributed by atoms with Gasteiger partial charge in [-0.25, -0.2) is 13.1 Å². The lowest BCUT2D eigenvalue weighted by Gasteiger charge is -2.33. The molecule has 0 aromatic heterocycles. The third kappa shape index (κ3) is 10.3. The average Bonchev–Trinajstić information content (AvgIpc) is 2.60. The Bertz CT molecular complexity index is 519. The summed E-state index contributed by atoms with van der Waals surface area (Å²) < 4.78 is 30.6. The summed E-state index contributed by atoms with van der Waals surface area (Å²) in [6.45, 7) is 10.9. The number of nitrogens with zero attached hydrogens (tertiary/aromatic N) is 2. The molecule has 0 saturated carbocycles. The van der Waals surface area contributed by atoms with E-state index in [-0.39, 0.29) is 12.3 Å². The molecular formula is C16H35N5O4S. The van der Waals surface area contributed by atoms with Crippen molar-refractivity contribution in [3.8, 4) is 0 Å². The van der Waals surface area contributed by atoms with Crippen molar-refractivity contribution in [3.63, 3.8) is 0 Å². The molecule has 1 aliphatic heterocycles. The molecule has 1 rings (SSSR count). The number of rotatable bonds is 11. The Labute approximate surface area is 157 Å². The van der Waals surface area contributed by atoms with E-state index in [1.54, 1.807) is 13.8 Å². The predicted octanol–water partition coefficient (Wildman–Crippen LogP) is -1.05. The zero-order valence-corrected chi connectivity index (χ0v) is 17.1. The first-order valence-electron chi connectivity index (χ1n) is 9.30. The monoisotopic (exact) mass is 393 g/mol. The van der Waals surface area contributed by atoms with Crippen molar-refractivity contribution >= 4 is 16.0 Å². The van der Waals surface area contributed by atoms with Crippen LogP contribution in [0.2, 0.25) is 0 Å². The first-order valence-corrected chi connectivity index (χ1v) is 10.9. The molecule has 154 valence electrons. The van der Waals surface area contributed by atoms with Crippen LogP contribution in [-0.2, 0) is 14.8 Å². The van der Waals surface area contributed by atoms with Crippen LogP contribution in [-0.4, -0.2) is 94.8 Å². The fourth-order valence-corrected chi connectivity index (χ4v) is 3.17. The summed E-state index contributed by atoms with van der Waals surface area (Å²) in [7, 11) is -3.14. The van der Waals surface area contributed by atoms with Crippen molar-refractivity contribution in [2.75, 3.05) is 64.8 Å². The maximum absolute atomic E-state index is 11.4. The molecule has 0 radical (unpaired) electrons. The van der Waals surface area contributed by atoms with Crippen LogP contribution in [0, 0.1) is 0 Å². The number of nitrogens with one attached hydrogen (secondary N) is 3. The number of aliphatic imine (C=N–C) groups is 1. The van der Waals surface area contributed by atoms with Gasteiger partial charge < -0.3 is 20.5 Å². The second-order valence-electron chi connectivity index (χ2n) is 6.66. The van der Waals surface area contributed by atoms with Gasteiger partial charge in [-0.1, -0.05) is 0 Å². The fraction of sp³-hybridized carbons (Fsp3) is 0.938. The normalized spacial score (nSPS) is 19.2. The van der Waals surface area contributed by atoms with E-state index in [1.807, 2.05) is 6.92 Å². The Morgan fingerprint density at radius 1 is 1.23 bits per heavy atom. The maximum atomic E-state index is 11.4. The van der Waals surface area contributed by atoms with Crippen molar-refractivity contribution < 1.29 is 18.3 Å². The highest BCUT2D eigenvalue weighted by Crippen LogP contribution is 2.09. The number of ether oxygens (including phenoxy) is 1. The molecule has 1 heterocycles. The van der Waals surface area contributed by atoms with Gasteiger partial charge in [0.15, 0.2) is 5.96 Å². The minimum absolute atomic E-state index is 0.0861. The molecule has 0 amide bonds. The number of hydrogen-bond donors (Lipinski definition) is 4. The molecule has 0 aliphatic carbocycles. The van der Waals surface area contributed by atoms with Gasteiger partial charge in [0.2, 0.25) is 10.0 Å². The summed E-state index contributed by atoms with van der Waals surface area (Å²) >= 11 is 0. The van der Waals surface area contributed by atoms with Gasteiger partial charge in [0.05, 0.1) is 31.1 Å². The van der Waals surface area contributed by atoms with Crippen LogP contribution < -0.4 is 15.4 Å². The summed E-state index contributed by atoms with van der Waals surface area (Å²) in [5.41, 5.74) is -0.920. The van der Waals surface area contributed by atoms with Crippen LogP contribution in [0.3, 0.4) is 0 Å². The maximum Gasteiger partial charge on any atom is 0.211 e. The number of morpholine rings is 1. The molecule has 10 heteroatoms. The Morgan fingerprint density at radius 3 is 2.54 bits per heavy atom. The van der Waals surface area contributed by atoms with E-state index in [9.17, 15) is 13.5 Å². The van der Waals surface area contributed by atoms with Gasteiger partial charge in [0.1, 0.15) is 0 Å². The van der Waals surface area contributed by atoms with Crippen molar-refractivity contribution in [2.45, 2.75) is 32.8 Å². The molecule has 26 heavy (non-hydrogen) atoms. The molecule has 9 nitrogen and oxygen atoms in total. The number of sulfonamides is 1. The molecule has 4 N–H and O–H groups in total. The number of β-amino-alcohol motifs (C(OH)–C–C–N with tert-alkyl or cyclic N) is 1. The van der Waals surface area contributed by atoms with Crippen molar-refractivity contribution in [1.82, 2.24) is 20.3 Å². The highest BCUT2D eigenvalue weighted by molar-refractivity contribution is 7.89. The Hall–Kier alpha value is -0.940. The summed E-state index contributed by atoms with van der Waals surface area (Å²) in [5.74, 6) is 0.705. The summed E-state index contributed by atoms with van der Waals surface area (Å²) in [6, 6.07) is 0. The molecule has 1 unspecified atom stereocenters. The quantitative estimate of drug-likeness (QED) is 0.201. The minimum atomic E-state index is -3.14. The van der Waals surface area contributed by atoms with Crippen molar-refractivity contribution in [1.29, 1.82) is 0 Å². The van der Waals surface area contributed by atoms with Gasteiger partial charge in [-0.3, -0.25) is 9.89 Å². The SMILES string of the molecule is CCNC(=NCC(C)(O)CN1CCOCC1)NCCCNS(=O)(=O)CC. The molecule has 0 aromatic rings. The molecule has 1 atom stereocenters.